The van der Waals surface area contributed by atoms with Crippen molar-refractivity contribution in [2.45, 2.75) is 11.3 Å². The number of nitrogens with two attached hydrogens (primary N) is 1. The highest BCUT2D eigenvalue weighted by Crippen LogP contribution is 2.23. The average molecular weight is 273 g/mol. The monoisotopic (exact) mass is 273 g/mol. The number of benzene rings is 2. The van der Waals surface area contributed by atoms with Crippen molar-refractivity contribution in [2.24, 2.45) is 0 Å². The molecule has 0 aliphatic heterocycles. The molecule has 2 aromatic carbocycles. The third-order valence-corrected chi connectivity index (χ3v) is 3.75. The summed E-state index contributed by atoms with van der Waals surface area (Å²) >= 11 is 1.64. The molecule has 2 rings (SSSR count). The van der Waals surface area contributed by atoms with Crippen molar-refractivity contribution in [3.05, 3.63) is 59.7 Å². The van der Waals surface area contributed by atoms with Crippen molar-refractivity contribution >= 4 is 23.4 Å². The highest BCUT2D eigenvalue weighted by molar-refractivity contribution is 7.99. The Hall–Kier alpha value is -1.94. The predicted octanol–water partition coefficient (Wildman–Crippen LogP) is 3.30. The van der Waals surface area contributed by atoms with E-state index in [1.165, 1.54) is 5.56 Å². The van der Waals surface area contributed by atoms with Gasteiger partial charge < -0.3 is 10.8 Å². The minimum Gasteiger partial charge on any atom is -0.478 e. The fraction of sp³-hybridized carbons (Fsp3) is 0.133. The Morgan fingerprint density at radius 2 is 1.89 bits per heavy atom. The highest BCUT2D eigenvalue weighted by Gasteiger charge is 2.08. The quantitative estimate of drug-likeness (QED) is 0.648. The van der Waals surface area contributed by atoms with Crippen LogP contribution in [-0.2, 0) is 6.42 Å². The molecule has 0 aliphatic carbocycles. The number of carboxylic acids is 1. The van der Waals surface area contributed by atoms with Crippen molar-refractivity contribution in [3.8, 4) is 0 Å². The topological polar surface area (TPSA) is 63.3 Å². The molecule has 0 fully saturated rings. The van der Waals surface area contributed by atoms with Crippen molar-refractivity contribution in [1.82, 2.24) is 0 Å². The van der Waals surface area contributed by atoms with Gasteiger partial charge in [0.1, 0.15) is 0 Å². The van der Waals surface area contributed by atoms with Gasteiger partial charge in [-0.05, 0) is 30.2 Å². The number of carbonyl (C=O) groups is 1. The molecule has 0 amide bonds. The van der Waals surface area contributed by atoms with Crippen LogP contribution < -0.4 is 5.73 Å². The molecule has 19 heavy (non-hydrogen) atoms. The van der Waals surface area contributed by atoms with Gasteiger partial charge in [-0.2, -0.15) is 0 Å². The van der Waals surface area contributed by atoms with Gasteiger partial charge in [0.25, 0.3) is 0 Å². The van der Waals surface area contributed by atoms with Gasteiger partial charge in [-0.3, -0.25) is 0 Å². The number of aromatic carboxylic acids is 1. The zero-order valence-electron chi connectivity index (χ0n) is 10.4. The summed E-state index contributed by atoms with van der Waals surface area (Å²) in [6.07, 6.45) is 0.957. The lowest BCUT2D eigenvalue weighted by Crippen LogP contribution is -2.02. The number of hydrogen-bond donors (Lipinski definition) is 2. The lowest BCUT2D eigenvalue weighted by molar-refractivity contribution is 0.0698. The SMILES string of the molecule is Nc1ccc(SCCc2ccccc2)cc1C(=O)O. The van der Waals surface area contributed by atoms with Gasteiger partial charge in [0.2, 0.25) is 0 Å². The summed E-state index contributed by atoms with van der Waals surface area (Å²) in [5.74, 6) is -0.0736. The third kappa shape index (κ3) is 3.76. The van der Waals surface area contributed by atoms with Crippen LogP contribution in [0.25, 0.3) is 0 Å². The van der Waals surface area contributed by atoms with Gasteiger partial charge >= 0.3 is 5.97 Å². The van der Waals surface area contributed by atoms with E-state index in [4.69, 9.17) is 10.8 Å². The van der Waals surface area contributed by atoms with Crippen LogP contribution in [0.1, 0.15) is 15.9 Å². The molecule has 3 N–H and O–H groups in total. The highest BCUT2D eigenvalue weighted by atomic mass is 32.2. The largest absolute Gasteiger partial charge is 0.478 e. The zero-order chi connectivity index (χ0) is 13.7. The molecule has 0 heterocycles. The fourth-order valence-electron chi connectivity index (χ4n) is 1.74. The van der Waals surface area contributed by atoms with Crippen LogP contribution >= 0.6 is 11.8 Å². The molecule has 0 unspecified atom stereocenters. The first-order chi connectivity index (χ1) is 9.16. The molecule has 0 bridgehead atoms. The van der Waals surface area contributed by atoms with Gasteiger partial charge in [0.05, 0.1) is 5.56 Å². The summed E-state index contributed by atoms with van der Waals surface area (Å²) in [7, 11) is 0. The Bertz CT molecular complexity index is 570. The molecule has 0 spiro atoms. The molecule has 0 radical (unpaired) electrons. The Balaban J connectivity index is 1.97. The fourth-order valence-corrected chi connectivity index (χ4v) is 2.68. The number of nitrogen functional groups attached to an aromatic ring is 1. The molecule has 4 heteroatoms. The molecular weight excluding hydrogens is 258 g/mol. The van der Waals surface area contributed by atoms with Gasteiger partial charge in [-0.1, -0.05) is 30.3 Å². The number of carboxylic acid groups (broad SMARTS) is 1. The van der Waals surface area contributed by atoms with Crippen molar-refractivity contribution in [3.63, 3.8) is 0 Å². The summed E-state index contributed by atoms with van der Waals surface area (Å²) in [6.45, 7) is 0. The van der Waals surface area contributed by atoms with Crippen LogP contribution in [-0.4, -0.2) is 16.8 Å². The van der Waals surface area contributed by atoms with Crippen molar-refractivity contribution < 1.29 is 9.90 Å². The van der Waals surface area contributed by atoms with E-state index >= 15 is 0 Å². The van der Waals surface area contributed by atoms with E-state index in [1.54, 1.807) is 23.9 Å². The first kappa shape index (κ1) is 13.5. The molecule has 3 nitrogen and oxygen atoms in total. The molecular formula is C15H15NO2S. The number of anilines is 1. The Morgan fingerprint density at radius 1 is 1.16 bits per heavy atom. The second kappa shape index (κ2) is 6.29. The van der Waals surface area contributed by atoms with Crippen LogP contribution in [0.15, 0.2) is 53.4 Å². The Labute approximate surface area is 116 Å². The maximum atomic E-state index is 11.0. The van der Waals surface area contributed by atoms with E-state index < -0.39 is 5.97 Å². The number of hydrogen-bond acceptors (Lipinski definition) is 3. The van der Waals surface area contributed by atoms with E-state index in [9.17, 15) is 4.79 Å². The van der Waals surface area contributed by atoms with Crippen molar-refractivity contribution in [2.75, 3.05) is 11.5 Å². The number of thioether (sulfide) groups is 1. The summed E-state index contributed by atoms with van der Waals surface area (Å²) < 4.78 is 0. The van der Waals surface area contributed by atoms with Gasteiger partial charge in [-0.25, -0.2) is 4.79 Å². The molecule has 0 saturated heterocycles. The number of rotatable bonds is 5. The number of aryl methyl sites for hydroxylation is 1. The molecule has 0 saturated carbocycles. The normalized spacial score (nSPS) is 10.3. The smallest absolute Gasteiger partial charge is 0.337 e. The van der Waals surface area contributed by atoms with Crippen LogP contribution in [0.5, 0.6) is 0 Å². The van der Waals surface area contributed by atoms with Gasteiger partial charge in [0.15, 0.2) is 0 Å². The second-order valence-corrected chi connectivity index (χ2v) is 5.31. The molecule has 0 aliphatic rings. The summed E-state index contributed by atoms with van der Waals surface area (Å²) in [5.41, 5.74) is 7.38. The minimum absolute atomic E-state index is 0.171. The third-order valence-electron chi connectivity index (χ3n) is 2.76. The first-order valence-electron chi connectivity index (χ1n) is 5.96. The summed E-state index contributed by atoms with van der Waals surface area (Å²) in [4.78, 5) is 11.9. The average Bonchev–Trinajstić information content (AvgIpc) is 2.41. The minimum atomic E-state index is -0.983. The van der Waals surface area contributed by atoms with Crippen LogP contribution in [0, 0.1) is 0 Å². The van der Waals surface area contributed by atoms with Crippen molar-refractivity contribution in [1.29, 1.82) is 0 Å². The molecule has 98 valence electrons. The maximum Gasteiger partial charge on any atom is 0.337 e. The molecule has 2 aromatic rings. The summed E-state index contributed by atoms with van der Waals surface area (Å²) in [5, 5.41) is 9.00. The van der Waals surface area contributed by atoms with Crippen LogP contribution in [0.2, 0.25) is 0 Å². The summed E-state index contributed by atoms with van der Waals surface area (Å²) in [6, 6.07) is 15.4. The lowest BCUT2D eigenvalue weighted by atomic mass is 10.2. The maximum absolute atomic E-state index is 11.0. The lowest BCUT2D eigenvalue weighted by Gasteiger charge is -2.05. The van der Waals surface area contributed by atoms with Gasteiger partial charge in [-0.15, -0.1) is 11.8 Å². The molecule has 0 aromatic heterocycles. The van der Waals surface area contributed by atoms with E-state index in [2.05, 4.69) is 12.1 Å². The van der Waals surface area contributed by atoms with Gasteiger partial charge in [0, 0.05) is 16.3 Å². The van der Waals surface area contributed by atoms with E-state index in [-0.39, 0.29) is 5.56 Å². The van der Waals surface area contributed by atoms with E-state index in [1.807, 2.05) is 24.3 Å². The van der Waals surface area contributed by atoms with Crippen LogP contribution in [0.4, 0.5) is 5.69 Å². The first-order valence-corrected chi connectivity index (χ1v) is 6.95. The molecule has 0 atom stereocenters. The Morgan fingerprint density at radius 3 is 2.58 bits per heavy atom. The van der Waals surface area contributed by atoms with E-state index in [0.29, 0.717) is 5.69 Å². The predicted molar refractivity (Wildman–Crippen MR) is 78.7 cm³/mol. The Kier molecular flexibility index (Phi) is 4.47. The van der Waals surface area contributed by atoms with E-state index in [0.717, 1.165) is 17.1 Å². The van der Waals surface area contributed by atoms with Crippen LogP contribution in [0.3, 0.4) is 0 Å². The second-order valence-electron chi connectivity index (χ2n) is 4.14. The standard InChI is InChI=1S/C15H15NO2S/c16-14-7-6-12(10-13(14)15(17)18)19-9-8-11-4-2-1-3-5-11/h1-7,10H,8-9,16H2,(H,17,18). The zero-order valence-corrected chi connectivity index (χ0v) is 11.2.